The van der Waals surface area contributed by atoms with Gasteiger partial charge < -0.3 is 14.3 Å². The molecule has 0 amide bonds. The lowest BCUT2D eigenvalue weighted by Crippen LogP contribution is -2.11. The molecule has 0 aliphatic heterocycles. The maximum Gasteiger partial charge on any atom is 0.117 e. The zero-order chi connectivity index (χ0) is 16.2. The quantitative estimate of drug-likeness (QED) is 0.564. The van der Waals surface area contributed by atoms with Crippen molar-refractivity contribution in [2.75, 3.05) is 0 Å². The number of aromatic nitrogens is 1. The lowest BCUT2D eigenvalue weighted by atomic mass is 10.2. The fraction of sp³-hybridized carbons (Fsp3) is 0.143. The summed E-state index contributed by atoms with van der Waals surface area (Å²) in [6.45, 7) is 2.45. The molecule has 2 aromatic heterocycles. The molecular formula is C21H20N2O. The van der Waals surface area contributed by atoms with E-state index in [1.54, 1.807) is 6.26 Å². The minimum atomic E-state index is 0.741. The van der Waals surface area contributed by atoms with Crippen LogP contribution >= 0.6 is 0 Å². The minimum absolute atomic E-state index is 0.741. The Morgan fingerprint density at radius 3 is 2.50 bits per heavy atom. The lowest BCUT2D eigenvalue weighted by molar-refractivity contribution is 0.483. The monoisotopic (exact) mass is 316 g/mol. The molecule has 24 heavy (non-hydrogen) atoms. The van der Waals surface area contributed by atoms with Gasteiger partial charge in [-0.3, -0.25) is 0 Å². The fourth-order valence-corrected chi connectivity index (χ4v) is 3.11. The van der Waals surface area contributed by atoms with E-state index < -0.39 is 0 Å². The van der Waals surface area contributed by atoms with Crippen molar-refractivity contribution in [1.82, 2.24) is 9.88 Å². The minimum Gasteiger partial charge on any atom is -0.468 e. The predicted octanol–water partition coefficient (Wildman–Crippen LogP) is 4.57. The summed E-state index contributed by atoms with van der Waals surface area (Å²) >= 11 is 0. The van der Waals surface area contributed by atoms with Crippen LogP contribution in [-0.2, 0) is 19.6 Å². The molecule has 0 saturated heterocycles. The summed E-state index contributed by atoms with van der Waals surface area (Å²) in [5, 5.41) is 4.77. The first kappa shape index (κ1) is 14.8. The van der Waals surface area contributed by atoms with E-state index in [1.165, 1.54) is 22.0 Å². The van der Waals surface area contributed by atoms with E-state index in [4.69, 9.17) is 4.42 Å². The Balaban J connectivity index is 1.56. The molecule has 120 valence electrons. The Hall–Kier alpha value is -2.78. The zero-order valence-corrected chi connectivity index (χ0v) is 13.5. The second-order valence-electron chi connectivity index (χ2n) is 5.97. The van der Waals surface area contributed by atoms with Crippen molar-refractivity contribution in [3.05, 3.63) is 96.1 Å². The number of rotatable bonds is 6. The SMILES string of the molecule is c1ccc(Cn2cc(CNCc3ccco3)c3ccccc32)cc1. The molecule has 2 aromatic carbocycles. The third-order valence-electron chi connectivity index (χ3n) is 4.26. The molecule has 0 fully saturated rings. The topological polar surface area (TPSA) is 30.1 Å². The summed E-state index contributed by atoms with van der Waals surface area (Å²) in [7, 11) is 0. The molecule has 4 rings (SSSR count). The summed E-state index contributed by atoms with van der Waals surface area (Å²) in [6, 6.07) is 23.1. The van der Waals surface area contributed by atoms with Crippen molar-refractivity contribution >= 4 is 10.9 Å². The Labute approximate surface area is 141 Å². The summed E-state index contributed by atoms with van der Waals surface area (Å²) in [4.78, 5) is 0. The van der Waals surface area contributed by atoms with Crippen molar-refractivity contribution in [3.63, 3.8) is 0 Å². The van der Waals surface area contributed by atoms with Crippen LogP contribution in [0.2, 0.25) is 0 Å². The smallest absolute Gasteiger partial charge is 0.117 e. The molecule has 0 saturated carbocycles. The molecule has 0 aliphatic carbocycles. The average Bonchev–Trinajstić information content (AvgIpc) is 3.25. The maximum atomic E-state index is 5.38. The Morgan fingerprint density at radius 2 is 1.67 bits per heavy atom. The molecule has 0 spiro atoms. The zero-order valence-electron chi connectivity index (χ0n) is 13.5. The molecule has 0 bridgehead atoms. The van der Waals surface area contributed by atoms with Crippen molar-refractivity contribution in [2.24, 2.45) is 0 Å². The van der Waals surface area contributed by atoms with E-state index in [9.17, 15) is 0 Å². The molecule has 0 aliphatic rings. The molecule has 2 heterocycles. The Morgan fingerprint density at radius 1 is 0.833 bits per heavy atom. The number of hydrogen-bond donors (Lipinski definition) is 1. The second kappa shape index (κ2) is 6.77. The van der Waals surface area contributed by atoms with Gasteiger partial charge in [-0.1, -0.05) is 48.5 Å². The van der Waals surface area contributed by atoms with Crippen LogP contribution in [0.4, 0.5) is 0 Å². The molecule has 0 radical (unpaired) electrons. The highest BCUT2D eigenvalue weighted by molar-refractivity contribution is 5.84. The van der Waals surface area contributed by atoms with Gasteiger partial charge in [-0.15, -0.1) is 0 Å². The van der Waals surface area contributed by atoms with Gasteiger partial charge in [-0.2, -0.15) is 0 Å². The van der Waals surface area contributed by atoms with Gasteiger partial charge in [0.15, 0.2) is 0 Å². The van der Waals surface area contributed by atoms with Gasteiger partial charge in [0, 0.05) is 30.2 Å². The van der Waals surface area contributed by atoms with Crippen molar-refractivity contribution in [1.29, 1.82) is 0 Å². The fourth-order valence-electron chi connectivity index (χ4n) is 3.11. The lowest BCUT2D eigenvalue weighted by Gasteiger charge is -2.05. The van der Waals surface area contributed by atoms with Crippen LogP contribution in [0.1, 0.15) is 16.9 Å². The molecule has 3 nitrogen and oxygen atoms in total. The van der Waals surface area contributed by atoms with Crippen LogP contribution in [-0.4, -0.2) is 4.57 Å². The van der Waals surface area contributed by atoms with Gasteiger partial charge in [0.05, 0.1) is 12.8 Å². The van der Waals surface area contributed by atoms with E-state index >= 15 is 0 Å². The predicted molar refractivity (Wildman–Crippen MR) is 96.7 cm³/mol. The van der Waals surface area contributed by atoms with Crippen LogP contribution in [0.25, 0.3) is 10.9 Å². The van der Waals surface area contributed by atoms with Crippen molar-refractivity contribution < 1.29 is 4.42 Å². The molecule has 0 atom stereocenters. The van der Waals surface area contributed by atoms with E-state index in [0.29, 0.717) is 0 Å². The van der Waals surface area contributed by atoms with Crippen molar-refractivity contribution in [3.8, 4) is 0 Å². The first-order valence-electron chi connectivity index (χ1n) is 8.24. The van der Waals surface area contributed by atoms with E-state index in [0.717, 1.165) is 25.4 Å². The van der Waals surface area contributed by atoms with Crippen molar-refractivity contribution in [2.45, 2.75) is 19.6 Å². The van der Waals surface area contributed by atoms with Crippen LogP contribution in [0.5, 0.6) is 0 Å². The first-order chi connectivity index (χ1) is 11.9. The summed E-state index contributed by atoms with van der Waals surface area (Å²) < 4.78 is 7.70. The number of para-hydroxylation sites is 1. The molecule has 1 N–H and O–H groups in total. The highest BCUT2D eigenvalue weighted by atomic mass is 16.3. The average molecular weight is 316 g/mol. The number of benzene rings is 2. The van der Waals surface area contributed by atoms with Gasteiger partial charge in [-0.05, 0) is 29.3 Å². The third-order valence-corrected chi connectivity index (χ3v) is 4.26. The summed E-state index contributed by atoms with van der Waals surface area (Å²) in [6.07, 6.45) is 3.97. The summed E-state index contributed by atoms with van der Waals surface area (Å²) in [5.74, 6) is 0.961. The Bertz CT molecular complexity index is 908. The second-order valence-corrected chi connectivity index (χ2v) is 5.97. The van der Waals surface area contributed by atoms with Crippen LogP contribution < -0.4 is 5.32 Å². The number of fused-ring (bicyclic) bond motifs is 1. The number of nitrogens with one attached hydrogen (secondary N) is 1. The molecule has 0 unspecified atom stereocenters. The Kier molecular flexibility index (Phi) is 4.17. The van der Waals surface area contributed by atoms with E-state index in [1.807, 2.05) is 12.1 Å². The van der Waals surface area contributed by atoms with Gasteiger partial charge in [0.2, 0.25) is 0 Å². The number of nitrogens with zero attached hydrogens (tertiary/aromatic N) is 1. The van der Waals surface area contributed by atoms with Gasteiger partial charge in [0.25, 0.3) is 0 Å². The first-order valence-corrected chi connectivity index (χ1v) is 8.24. The van der Waals surface area contributed by atoms with Crippen LogP contribution in [0.3, 0.4) is 0 Å². The van der Waals surface area contributed by atoms with Gasteiger partial charge >= 0.3 is 0 Å². The molecular weight excluding hydrogens is 296 g/mol. The van der Waals surface area contributed by atoms with E-state index in [2.05, 4.69) is 70.7 Å². The highest BCUT2D eigenvalue weighted by Gasteiger charge is 2.08. The molecule has 4 aromatic rings. The van der Waals surface area contributed by atoms with Crippen LogP contribution in [0, 0.1) is 0 Å². The third kappa shape index (κ3) is 3.12. The summed E-state index contributed by atoms with van der Waals surface area (Å²) in [5.41, 5.74) is 3.90. The number of furan rings is 1. The maximum absolute atomic E-state index is 5.38. The standard InChI is InChI=1S/C21H20N2O/c1-2-7-17(8-3-1)15-23-16-18(20-10-4-5-11-21(20)23)13-22-14-19-9-6-12-24-19/h1-12,16,22H,13-15H2. The van der Waals surface area contributed by atoms with Crippen LogP contribution in [0.15, 0.2) is 83.6 Å². The largest absolute Gasteiger partial charge is 0.468 e. The number of hydrogen-bond acceptors (Lipinski definition) is 2. The molecule has 3 heteroatoms. The van der Waals surface area contributed by atoms with Gasteiger partial charge in [0.1, 0.15) is 5.76 Å². The normalized spacial score (nSPS) is 11.2. The highest BCUT2D eigenvalue weighted by Crippen LogP contribution is 2.22. The van der Waals surface area contributed by atoms with Gasteiger partial charge in [-0.25, -0.2) is 0 Å². The van der Waals surface area contributed by atoms with E-state index in [-0.39, 0.29) is 0 Å².